The van der Waals surface area contributed by atoms with Crippen molar-refractivity contribution in [3.05, 3.63) is 81.6 Å². The monoisotopic (exact) mass is 491 g/mol. The standard InChI is InChI=1S/C20H15Cl2F4N3OS/c1-3-10(21)8-11(4-2)28-15(20(24,25)26)9-14-17(19(27)31)18(29-30-14)16-12(22)6-5-7-13(16)23/h3-9,28H,1H2,2H3,(H2,27,31)/b10-8+,11-4+,15-9+. The zero-order chi connectivity index (χ0) is 23.3. The van der Waals surface area contributed by atoms with Gasteiger partial charge in [-0.25, -0.2) is 4.39 Å². The number of nitrogens with two attached hydrogens (primary N) is 1. The number of nitrogens with zero attached hydrogens (tertiary/aromatic N) is 1. The average Bonchev–Trinajstić information content (AvgIpc) is 3.09. The molecular formula is C20H15Cl2F4N3OS. The summed E-state index contributed by atoms with van der Waals surface area (Å²) >= 11 is 16.8. The second kappa shape index (κ2) is 10.1. The Balaban J connectivity index is 2.66. The highest BCUT2D eigenvalue weighted by atomic mass is 35.5. The fourth-order valence-corrected chi connectivity index (χ4v) is 2.98. The maximum atomic E-state index is 14.3. The van der Waals surface area contributed by atoms with Crippen LogP contribution in [-0.4, -0.2) is 16.3 Å². The molecule has 31 heavy (non-hydrogen) atoms. The smallest absolute Gasteiger partial charge is 0.389 e. The van der Waals surface area contributed by atoms with Crippen molar-refractivity contribution in [1.82, 2.24) is 10.5 Å². The van der Waals surface area contributed by atoms with Gasteiger partial charge in [0, 0.05) is 16.8 Å². The largest absolute Gasteiger partial charge is 0.431 e. The van der Waals surface area contributed by atoms with Crippen molar-refractivity contribution >= 4 is 46.5 Å². The molecule has 164 valence electrons. The second-order valence-corrected chi connectivity index (χ2v) is 7.17. The summed E-state index contributed by atoms with van der Waals surface area (Å²) in [7, 11) is 0. The predicted octanol–water partition coefficient (Wildman–Crippen LogP) is 6.47. The van der Waals surface area contributed by atoms with Gasteiger partial charge in [0.2, 0.25) is 0 Å². The van der Waals surface area contributed by atoms with Crippen molar-refractivity contribution in [2.45, 2.75) is 13.1 Å². The van der Waals surface area contributed by atoms with E-state index in [0.29, 0.717) is 6.08 Å². The molecule has 0 saturated heterocycles. The third kappa shape index (κ3) is 5.96. The molecule has 0 saturated carbocycles. The van der Waals surface area contributed by atoms with Gasteiger partial charge in [-0.2, -0.15) is 13.2 Å². The first-order valence-electron chi connectivity index (χ1n) is 8.45. The first-order chi connectivity index (χ1) is 14.5. The van der Waals surface area contributed by atoms with Gasteiger partial charge in [0.1, 0.15) is 22.2 Å². The van der Waals surface area contributed by atoms with E-state index in [4.69, 9.17) is 45.7 Å². The molecule has 2 aromatic rings. The van der Waals surface area contributed by atoms with Gasteiger partial charge < -0.3 is 15.6 Å². The van der Waals surface area contributed by atoms with E-state index in [9.17, 15) is 17.6 Å². The van der Waals surface area contributed by atoms with Gasteiger partial charge >= 0.3 is 6.18 Å². The Morgan fingerprint density at radius 2 is 2.03 bits per heavy atom. The molecule has 0 aliphatic rings. The highest BCUT2D eigenvalue weighted by Gasteiger charge is 2.35. The van der Waals surface area contributed by atoms with Gasteiger partial charge in [-0.15, -0.1) is 0 Å². The van der Waals surface area contributed by atoms with Crippen LogP contribution in [0.15, 0.2) is 64.0 Å². The molecular weight excluding hydrogens is 477 g/mol. The lowest BCUT2D eigenvalue weighted by Crippen LogP contribution is -2.25. The molecule has 0 fully saturated rings. The van der Waals surface area contributed by atoms with Crippen LogP contribution in [-0.2, 0) is 0 Å². The van der Waals surface area contributed by atoms with E-state index in [1.54, 1.807) is 0 Å². The van der Waals surface area contributed by atoms with Gasteiger partial charge in [-0.05, 0) is 25.1 Å². The van der Waals surface area contributed by atoms with Crippen LogP contribution in [0.1, 0.15) is 18.2 Å². The number of benzene rings is 1. The van der Waals surface area contributed by atoms with Crippen molar-refractivity contribution in [3.63, 3.8) is 0 Å². The van der Waals surface area contributed by atoms with E-state index in [1.165, 1.54) is 37.3 Å². The number of rotatable bonds is 7. The maximum Gasteiger partial charge on any atom is 0.431 e. The fourth-order valence-electron chi connectivity index (χ4n) is 2.41. The topological polar surface area (TPSA) is 64.1 Å². The van der Waals surface area contributed by atoms with Gasteiger partial charge in [0.25, 0.3) is 0 Å². The highest BCUT2D eigenvalue weighted by molar-refractivity contribution is 7.80. The van der Waals surface area contributed by atoms with E-state index in [2.05, 4.69) is 17.1 Å². The Kier molecular flexibility index (Phi) is 8.05. The van der Waals surface area contributed by atoms with Gasteiger partial charge in [-0.3, -0.25) is 0 Å². The molecule has 3 N–H and O–H groups in total. The Hall–Kier alpha value is -2.62. The van der Waals surface area contributed by atoms with E-state index in [0.717, 1.165) is 6.07 Å². The van der Waals surface area contributed by atoms with Crippen molar-refractivity contribution in [1.29, 1.82) is 0 Å². The Bertz CT molecular complexity index is 1080. The quantitative estimate of drug-likeness (QED) is 0.264. The number of thiocarbonyl (C=S) groups is 1. The minimum atomic E-state index is -4.83. The zero-order valence-corrected chi connectivity index (χ0v) is 18.2. The van der Waals surface area contributed by atoms with Crippen molar-refractivity contribution in [3.8, 4) is 11.3 Å². The van der Waals surface area contributed by atoms with Gasteiger partial charge in [0.15, 0.2) is 5.76 Å². The molecule has 0 unspecified atom stereocenters. The van der Waals surface area contributed by atoms with Gasteiger partial charge in [0.05, 0.1) is 16.1 Å². The molecule has 0 atom stereocenters. The minimum Gasteiger partial charge on any atom is -0.389 e. The van der Waals surface area contributed by atoms with Crippen molar-refractivity contribution in [2.75, 3.05) is 0 Å². The third-order valence-electron chi connectivity index (χ3n) is 3.82. The molecule has 0 aliphatic carbocycles. The molecule has 0 radical (unpaired) electrons. The van der Waals surface area contributed by atoms with Crippen LogP contribution in [0.2, 0.25) is 5.02 Å². The van der Waals surface area contributed by atoms with Crippen LogP contribution in [0.4, 0.5) is 17.6 Å². The van der Waals surface area contributed by atoms with E-state index in [1.807, 2.05) is 0 Å². The normalized spacial score (nSPS) is 13.3. The summed E-state index contributed by atoms with van der Waals surface area (Å²) in [6.07, 6.45) is -0.355. The number of halogens is 6. The van der Waals surface area contributed by atoms with Crippen molar-refractivity contribution in [2.24, 2.45) is 5.73 Å². The van der Waals surface area contributed by atoms with Crippen LogP contribution < -0.4 is 11.1 Å². The summed E-state index contributed by atoms with van der Waals surface area (Å²) in [4.78, 5) is -0.357. The van der Waals surface area contributed by atoms with Gasteiger partial charge in [-0.1, -0.05) is 65.4 Å². The number of nitrogens with one attached hydrogen (secondary N) is 1. The predicted molar refractivity (Wildman–Crippen MR) is 118 cm³/mol. The Morgan fingerprint density at radius 3 is 2.55 bits per heavy atom. The first kappa shape index (κ1) is 24.6. The van der Waals surface area contributed by atoms with Crippen molar-refractivity contribution < 1.29 is 22.1 Å². The summed E-state index contributed by atoms with van der Waals surface area (Å²) in [5.74, 6) is -1.21. The molecule has 1 aromatic heterocycles. The Morgan fingerprint density at radius 1 is 1.35 bits per heavy atom. The fraction of sp³-hybridized carbons (Fsp3) is 0.100. The van der Waals surface area contributed by atoms with Crippen LogP contribution in [0.3, 0.4) is 0 Å². The third-order valence-corrected chi connectivity index (χ3v) is 4.61. The van der Waals surface area contributed by atoms with Crippen LogP contribution in [0.25, 0.3) is 17.3 Å². The van der Waals surface area contributed by atoms with Crippen LogP contribution in [0, 0.1) is 5.82 Å². The SMILES string of the molecule is C=C/C(Cl)=C\C(=C/C)N/C(=C/c1onc(-c2c(F)cccc2Cl)c1C(N)=S)C(F)(F)F. The summed E-state index contributed by atoms with van der Waals surface area (Å²) in [6.45, 7) is 4.94. The summed E-state index contributed by atoms with van der Waals surface area (Å²) in [6, 6.07) is 3.84. The molecule has 11 heteroatoms. The lowest BCUT2D eigenvalue weighted by molar-refractivity contribution is -0.0947. The molecule has 0 bridgehead atoms. The lowest BCUT2D eigenvalue weighted by atomic mass is 10.0. The summed E-state index contributed by atoms with van der Waals surface area (Å²) < 4.78 is 60.4. The minimum absolute atomic E-state index is 0.0298. The molecule has 0 spiro atoms. The number of hydrogen-bond acceptors (Lipinski definition) is 4. The molecule has 2 rings (SSSR count). The number of hydrogen-bond donors (Lipinski definition) is 2. The number of allylic oxidation sites excluding steroid dienone is 5. The summed E-state index contributed by atoms with van der Waals surface area (Å²) in [5.41, 5.74) is 3.86. The highest BCUT2D eigenvalue weighted by Crippen LogP contribution is 2.35. The molecule has 4 nitrogen and oxygen atoms in total. The van der Waals surface area contributed by atoms with E-state index in [-0.39, 0.29) is 37.6 Å². The first-order valence-corrected chi connectivity index (χ1v) is 9.61. The second-order valence-electron chi connectivity index (χ2n) is 5.89. The molecule has 0 aliphatic heterocycles. The average molecular weight is 492 g/mol. The van der Waals surface area contributed by atoms with E-state index >= 15 is 0 Å². The number of alkyl halides is 3. The lowest BCUT2D eigenvalue weighted by Gasteiger charge is -2.15. The molecule has 1 aromatic carbocycles. The zero-order valence-electron chi connectivity index (χ0n) is 15.9. The number of aromatic nitrogens is 1. The van der Waals surface area contributed by atoms with Crippen LogP contribution >= 0.6 is 35.4 Å². The summed E-state index contributed by atoms with van der Waals surface area (Å²) in [5, 5.41) is 5.94. The van der Waals surface area contributed by atoms with Crippen LogP contribution in [0.5, 0.6) is 0 Å². The van der Waals surface area contributed by atoms with E-state index < -0.39 is 23.5 Å². The Labute approximate surface area is 190 Å². The molecule has 0 amide bonds. The maximum absolute atomic E-state index is 14.3. The molecule has 1 heterocycles.